The Balaban J connectivity index is 1.79. The second kappa shape index (κ2) is 10.9. The van der Waals surface area contributed by atoms with Gasteiger partial charge in [0.25, 0.3) is 0 Å². The summed E-state index contributed by atoms with van der Waals surface area (Å²) < 4.78 is 0. The maximum absolute atomic E-state index is 11.7. The average Bonchev–Trinajstić information content (AvgIpc) is 3.10. The second-order valence-corrected chi connectivity index (χ2v) is 8.45. The van der Waals surface area contributed by atoms with E-state index in [9.17, 15) is 20.0 Å². The molecule has 0 spiro atoms. The number of benzene rings is 2. The molecule has 166 valence electrons. The Bertz CT molecular complexity index is 1280. The lowest BCUT2D eigenvalue weighted by Crippen LogP contribution is -2.28. The summed E-state index contributed by atoms with van der Waals surface area (Å²) >= 11 is 1.18. The minimum Gasteiger partial charge on any atom is -0.530 e. The number of aryl methyl sites for hydroxylation is 1. The van der Waals surface area contributed by atoms with Crippen molar-refractivity contribution in [2.75, 3.05) is 10.6 Å². The molecule has 0 unspecified atom stereocenters. The van der Waals surface area contributed by atoms with Crippen LogP contribution in [0.2, 0.25) is 0 Å². The summed E-state index contributed by atoms with van der Waals surface area (Å²) in [6.07, 6.45) is -0.287. The van der Waals surface area contributed by atoms with Gasteiger partial charge in [0.1, 0.15) is 22.7 Å². The number of nitrogens with zero attached hydrogens (tertiary/aromatic N) is 2. The Labute approximate surface area is 196 Å². The van der Waals surface area contributed by atoms with E-state index in [1.54, 1.807) is 6.92 Å². The molecule has 0 aliphatic carbocycles. The van der Waals surface area contributed by atoms with Crippen molar-refractivity contribution >= 4 is 34.0 Å². The fourth-order valence-corrected chi connectivity index (χ4v) is 4.21. The van der Waals surface area contributed by atoms with Crippen LogP contribution in [-0.4, -0.2) is 12.0 Å². The first-order valence-corrected chi connectivity index (χ1v) is 11.2. The molecule has 0 fully saturated rings. The van der Waals surface area contributed by atoms with E-state index in [1.165, 1.54) is 11.3 Å². The molecule has 0 saturated carbocycles. The minimum atomic E-state index is -1.43. The van der Waals surface area contributed by atoms with Gasteiger partial charge in [-0.05, 0) is 30.5 Å². The lowest BCUT2D eigenvalue weighted by Gasteiger charge is -2.11. The molecule has 1 aromatic heterocycles. The van der Waals surface area contributed by atoms with Crippen LogP contribution in [0.1, 0.15) is 41.3 Å². The van der Waals surface area contributed by atoms with Crippen LogP contribution in [0, 0.1) is 24.3 Å². The highest BCUT2D eigenvalue weighted by Gasteiger charge is 2.16. The van der Waals surface area contributed by atoms with Crippen LogP contribution in [0.5, 0.6) is 0 Å². The van der Waals surface area contributed by atoms with E-state index in [2.05, 4.69) is 27.6 Å². The van der Waals surface area contributed by atoms with Crippen molar-refractivity contribution in [2.24, 2.45) is 0 Å². The maximum atomic E-state index is 11.7. The number of anilines is 2. The molecule has 2 N–H and O–H groups in total. The Morgan fingerprint density at radius 2 is 1.88 bits per heavy atom. The van der Waals surface area contributed by atoms with E-state index in [4.69, 9.17) is 0 Å². The molecule has 8 heteroatoms. The van der Waals surface area contributed by atoms with Crippen LogP contribution in [0.4, 0.5) is 15.5 Å². The molecule has 0 atom stereocenters. The number of carboxylic acid groups (broad SMARTS) is 1. The topological polar surface area (TPSA) is 109 Å². The van der Waals surface area contributed by atoms with Gasteiger partial charge in [0.2, 0.25) is 0 Å². The SMILES string of the molecule is CCCC(=O)[N+]#Cc1ccccc1-c1ccc(CNc2c(NC(=O)[O-])sc(C)c2C#N)cc1. The first-order valence-electron chi connectivity index (χ1n) is 10.4. The molecule has 0 aliphatic heterocycles. The first kappa shape index (κ1) is 23.5. The number of carbonyl (C=O) groups is 2. The summed E-state index contributed by atoms with van der Waals surface area (Å²) in [5, 5.41) is 26.1. The highest BCUT2D eigenvalue weighted by molar-refractivity contribution is 7.17. The first-order chi connectivity index (χ1) is 15.9. The predicted octanol–water partition coefficient (Wildman–Crippen LogP) is 4.97. The zero-order valence-electron chi connectivity index (χ0n) is 18.3. The van der Waals surface area contributed by atoms with E-state index in [0.29, 0.717) is 34.1 Å². The Hall–Kier alpha value is -4.14. The van der Waals surface area contributed by atoms with Crippen molar-refractivity contribution in [3.05, 3.63) is 74.9 Å². The summed E-state index contributed by atoms with van der Waals surface area (Å²) in [5.41, 5.74) is 4.38. The summed E-state index contributed by atoms with van der Waals surface area (Å²) in [6.45, 7) is 4.09. The number of rotatable bonds is 7. The van der Waals surface area contributed by atoms with E-state index >= 15 is 0 Å². The van der Waals surface area contributed by atoms with Crippen LogP contribution in [0.15, 0.2) is 48.5 Å². The number of hydrogen-bond donors (Lipinski definition) is 2. The quantitative estimate of drug-likeness (QED) is 0.519. The van der Waals surface area contributed by atoms with Gasteiger partial charge >= 0.3 is 12.0 Å². The van der Waals surface area contributed by atoms with Gasteiger partial charge in [0, 0.05) is 21.8 Å². The van der Waals surface area contributed by atoms with Gasteiger partial charge in [-0.3, -0.25) is 0 Å². The summed E-state index contributed by atoms with van der Waals surface area (Å²) in [5.74, 6) is -0.193. The largest absolute Gasteiger partial charge is 0.530 e. The van der Waals surface area contributed by atoms with E-state index in [1.807, 2.05) is 55.5 Å². The van der Waals surface area contributed by atoms with Gasteiger partial charge in [0.05, 0.1) is 17.7 Å². The number of nitrogens with one attached hydrogen (secondary N) is 2. The third-order valence-electron chi connectivity index (χ3n) is 4.84. The Morgan fingerprint density at radius 1 is 1.15 bits per heavy atom. The van der Waals surface area contributed by atoms with Crippen molar-refractivity contribution < 1.29 is 14.7 Å². The lowest BCUT2D eigenvalue weighted by molar-refractivity contribution is -0.242. The minimum absolute atomic E-state index is 0.193. The van der Waals surface area contributed by atoms with Crippen molar-refractivity contribution in [2.45, 2.75) is 33.2 Å². The molecule has 0 aliphatic rings. The van der Waals surface area contributed by atoms with Crippen LogP contribution in [0.25, 0.3) is 16.0 Å². The molecule has 2 amide bonds. The number of amides is 2. The molecule has 7 nitrogen and oxygen atoms in total. The molecule has 0 bridgehead atoms. The van der Waals surface area contributed by atoms with Crippen LogP contribution >= 0.6 is 11.3 Å². The smallest absolute Gasteiger partial charge is 0.515 e. The fourth-order valence-electron chi connectivity index (χ4n) is 3.25. The van der Waals surface area contributed by atoms with Crippen molar-refractivity contribution in [3.63, 3.8) is 0 Å². The summed E-state index contributed by atoms with van der Waals surface area (Å²) in [7, 11) is 0. The van der Waals surface area contributed by atoms with Gasteiger partial charge in [-0.1, -0.05) is 49.4 Å². The van der Waals surface area contributed by atoms with Crippen molar-refractivity contribution in [1.29, 1.82) is 5.26 Å². The van der Waals surface area contributed by atoms with Crippen LogP contribution in [0.3, 0.4) is 0 Å². The summed E-state index contributed by atoms with van der Waals surface area (Å²) in [6, 6.07) is 20.4. The monoisotopic (exact) mass is 458 g/mol. The number of carbonyl (C=O) groups excluding carboxylic acids is 2. The standard InChI is InChI=1S/C25H22N4O3S/c1-3-6-22(30)27-15-19-7-4-5-8-20(19)18-11-9-17(10-12-18)14-28-23-21(13-26)16(2)33-24(23)29-25(31)32/h4-5,7-12,28-29H,3,6,14H2,1-2H3. The Morgan fingerprint density at radius 3 is 2.55 bits per heavy atom. The zero-order chi connectivity index (χ0) is 23.8. The van der Waals surface area contributed by atoms with E-state index < -0.39 is 6.09 Å². The molecule has 33 heavy (non-hydrogen) atoms. The zero-order valence-corrected chi connectivity index (χ0v) is 19.1. The van der Waals surface area contributed by atoms with Crippen molar-refractivity contribution in [1.82, 2.24) is 0 Å². The van der Waals surface area contributed by atoms with Crippen LogP contribution < -0.4 is 15.7 Å². The summed E-state index contributed by atoms with van der Waals surface area (Å²) in [4.78, 5) is 27.3. The predicted molar refractivity (Wildman–Crippen MR) is 128 cm³/mol. The van der Waals surface area contributed by atoms with E-state index in [-0.39, 0.29) is 5.91 Å². The normalized spacial score (nSPS) is 9.97. The molecule has 3 rings (SSSR count). The molecule has 0 radical (unpaired) electrons. The maximum Gasteiger partial charge on any atom is 0.515 e. The fraction of sp³-hybridized carbons (Fsp3) is 0.200. The number of nitriles is 1. The Kier molecular flexibility index (Phi) is 7.80. The molecule has 1 heterocycles. The highest BCUT2D eigenvalue weighted by Crippen LogP contribution is 2.37. The lowest BCUT2D eigenvalue weighted by atomic mass is 9.99. The van der Waals surface area contributed by atoms with Gasteiger partial charge in [-0.15, -0.1) is 11.3 Å². The third kappa shape index (κ3) is 5.97. The van der Waals surface area contributed by atoms with Gasteiger partial charge in [0.15, 0.2) is 0 Å². The van der Waals surface area contributed by atoms with Gasteiger partial charge in [-0.2, -0.15) is 5.26 Å². The number of hydrogen-bond acceptors (Lipinski definition) is 6. The molecular formula is C25H22N4O3S. The van der Waals surface area contributed by atoms with Gasteiger partial charge in [-0.25, -0.2) is 4.79 Å². The van der Waals surface area contributed by atoms with Crippen LogP contribution in [-0.2, 0) is 11.3 Å². The molecule has 3 aromatic rings. The second-order valence-electron chi connectivity index (χ2n) is 7.23. The number of thiophene rings is 1. The molecular weight excluding hydrogens is 436 g/mol. The van der Waals surface area contributed by atoms with Gasteiger partial charge < -0.3 is 20.5 Å². The van der Waals surface area contributed by atoms with E-state index in [0.717, 1.165) is 28.7 Å². The van der Waals surface area contributed by atoms with Crippen molar-refractivity contribution in [3.8, 4) is 23.3 Å². The molecule has 2 aromatic carbocycles. The highest BCUT2D eigenvalue weighted by atomic mass is 32.1. The third-order valence-corrected chi connectivity index (χ3v) is 5.86. The average molecular weight is 459 g/mol. The molecule has 0 saturated heterocycles.